The largest absolute Gasteiger partial charge is 0.243 e. The molecular weight excluding hydrogens is 184 g/mol. The Hall–Kier alpha value is -0.790. The van der Waals surface area contributed by atoms with Gasteiger partial charge in [-0.2, -0.15) is 0 Å². The van der Waals surface area contributed by atoms with Gasteiger partial charge < -0.3 is 0 Å². The minimum Gasteiger partial charge on any atom is -0.240 e. The fourth-order valence-electron chi connectivity index (χ4n) is 2.06. The van der Waals surface area contributed by atoms with E-state index in [1.54, 1.807) is 0 Å². The van der Waals surface area contributed by atoms with Gasteiger partial charge in [0, 0.05) is 0 Å². The summed E-state index contributed by atoms with van der Waals surface area (Å²) < 4.78 is 4.49. The van der Waals surface area contributed by atoms with E-state index in [9.17, 15) is 0 Å². The molecule has 2 heteroatoms. The van der Waals surface area contributed by atoms with E-state index in [4.69, 9.17) is 0 Å². The van der Waals surface area contributed by atoms with E-state index < -0.39 is 0 Å². The molecule has 0 aliphatic rings. The van der Waals surface area contributed by atoms with Crippen LogP contribution in [-0.4, -0.2) is 4.57 Å². The average molecular weight is 209 g/mol. The lowest BCUT2D eigenvalue weighted by atomic mass is 9.99. The summed E-state index contributed by atoms with van der Waals surface area (Å²) in [5.41, 5.74) is 0. The van der Waals surface area contributed by atoms with Crippen molar-refractivity contribution in [2.75, 3.05) is 0 Å². The van der Waals surface area contributed by atoms with E-state index in [-0.39, 0.29) is 0 Å². The number of nitrogens with zero attached hydrogens (tertiary/aromatic N) is 2. The maximum absolute atomic E-state index is 2.37. The Morgan fingerprint density at radius 2 is 2.07 bits per heavy atom. The molecule has 1 atom stereocenters. The fraction of sp³-hybridized carbons (Fsp3) is 0.769. The van der Waals surface area contributed by atoms with Crippen molar-refractivity contribution in [1.29, 1.82) is 0 Å². The second-order valence-corrected chi connectivity index (χ2v) is 4.95. The van der Waals surface area contributed by atoms with Gasteiger partial charge in [-0.05, 0) is 25.2 Å². The Morgan fingerprint density at radius 3 is 2.53 bits per heavy atom. The molecule has 0 radical (unpaired) electrons. The topological polar surface area (TPSA) is 8.81 Å². The Morgan fingerprint density at radius 1 is 1.33 bits per heavy atom. The predicted molar refractivity (Wildman–Crippen MR) is 63.6 cm³/mol. The molecule has 0 aliphatic carbocycles. The van der Waals surface area contributed by atoms with Crippen LogP contribution in [0.4, 0.5) is 0 Å². The molecule has 0 bridgehead atoms. The Bertz CT molecular complexity index is 276. The van der Waals surface area contributed by atoms with Gasteiger partial charge in [-0.25, -0.2) is 9.13 Å². The highest BCUT2D eigenvalue weighted by Crippen LogP contribution is 2.22. The van der Waals surface area contributed by atoms with Gasteiger partial charge in [0.25, 0.3) is 0 Å². The molecule has 0 saturated carbocycles. The zero-order valence-corrected chi connectivity index (χ0v) is 10.6. The van der Waals surface area contributed by atoms with Crippen LogP contribution in [0.1, 0.15) is 52.5 Å². The summed E-state index contributed by atoms with van der Waals surface area (Å²) in [6.45, 7) is 6.88. The van der Waals surface area contributed by atoms with Crippen LogP contribution in [-0.2, 0) is 7.05 Å². The smallest absolute Gasteiger partial charge is 0.240 e. The number of hydrogen-bond acceptors (Lipinski definition) is 0. The molecule has 2 nitrogen and oxygen atoms in total. The first-order chi connectivity index (χ1) is 7.13. The number of unbranched alkanes of at least 4 members (excludes halogenated alkanes) is 1. The summed E-state index contributed by atoms with van der Waals surface area (Å²) in [7, 11) is 2.09. The minimum absolute atomic E-state index is 0.686. The molecule has 0 aliphatic heterocycles. The first-order valence-electron chi connectivity index (χ1n) is 6.16. The standard InChI is InChI=1S/C13H25N2/c1-5-6-7-13(10-12(2)3)15-9-8-14(4)11-15/h8-9,11-13H,5-7,10H2,1-4H3/q+1. The fourth-order valence-corrected chi connectivity index (χ4v) is 2.06. The lowest BCUT2D eigenvalue weighted by Gasteiger charge is -2.15. The molecule has 1 heterocycles. The van der Waals surface area contributed by atoms with Gasteiger partial charge in [0.2, 0.25) is 6.33 Å². The molecule has 1 aromatic rings. The maximum atomic E-state index is 2.37. The van der Waals surface area contributed by atoms with E-state index >= 15 is 0 Å². The maximum Gasteiger partial charge on any atom is 0.243 e. The Labute approximate surface area is 93.9 Å². The normalized spacial score (nSPS) is 13.4. The van der Waals surface area contributed by atoms with E-state index in [2.05, 4.69) is 55.7 Å². The number of aryl methyl sites for hydroxylation is 1. The minimum atomic E-state index is 0.686. The van der Waals surface area contributed by atoms with Crippen LogP contribution >= 0.6 is 0 Å². The molecule has 1 rings (SSSR count). The lowest BCUT2D eigenvalue weighted by Crippen LogP contribution is -2.24. The third kappa shape index (κ3) is 4.06. The highest BCUT2D eigenvalue weighted by atomic mass is 15.1. The Kier molecular flexibility index (Phi) is 4.86. The third-order valence-corrected chi connectivity index (χ3v) is 2.85. The first kappa shape index (κ1) is 12.3. The number of imidazole rings is 1. The van der Waals surface area contributed by atoms with Gasteiger partial charge in [-0.3, -0.25) is 0 Å². The van der Waals surface area contributed by atoms with Crippen LogP contribution in [0.15, 0.2) is 18.7 Å². The van der Waals surface area contributed by atoms with Gasteiger partial charge in [0.15, 0.2) is 0 Å². The second-order valence-electron chi connectivity index (χ2n) is 4.95. The predicted octanol–water partition coefficient (Wildman–Crippen LogP) is 3.09. The van der Waals surface area contributed by atoms with Crippen molar-refractivity contribution in [1.82, 2.24) is 4.57 Å². The van der Waals surface area contributed by atoms with Gasteiger partial charge in [-0.15, -0.1) is 0 Å². The molecule has 86 valence electrons. The van der Waals surface area contributed by atoms with Crippen LogP contribution in [0.25, 0.3) is 0 Å². The number of rotatable bonds is 6. The first-order valence-corrected chi connectivity index (χ1v) is 6.16. The van der Waals surface area contributed by atoms with Crippen molar-refractivity contribution in [2.24, 2.45) is 13.0 Å². The monoisotopic (exact) mass is 209 g/mol. The number of hydrogen-bond donors (Lipinski definition) is 0. The van der Waals surface area contributed by atoms with Crippen LogP contribution < -0.4 is 4.57 Å². The van der Waals surface area contributed by atoms with E-state index in [0.717, 1.165) is 5.92 Å². The summed E-state index contributed by atoms with van der Waals surface area (Å²) in [6, 6.07) is 0.686. The zero-order chi connectivity index (χ0) is 11.3. The third-order valence-electron chi connectivity index (χ3n) is 2.85. The molecular formula is C13H25N2+. The van der Waals surface area contributed by atoms with Crippen molar-refractivity contribution in [3.8, 4) is 0 Å². The van der Waals surface area contributed by atoms with E-state index in [1.165, 1.54) is 25.7 Å². The van der Waals surface area contributed by atoms with Crippen molar-refractivity contribution >= 4 is 0 Å². The van der Waals surface area contributed by atoms with Crippen LogP contribution in [0, 0.1) is 5.92 Å². The quantitative estimate of drug-likeness (QED) is 0.637. The summed E-state index contributed by atoms with van der Waals surface area (Å²) >= 11 is 0. The molecule has 1 aromatic heterocycles. The van der Waals surface area contributed by atoms with Gasteiger partial charge >= 0.3 is 0 Å². The molecule has 0 N–H and O–H groups in total. The van der Waals surface area contributed by atoms with Crippen LogP contribution in [0.5, 0.6) is 0 Å². The molecule has 15 heavy (non-hydrogen) atoms. The summed E-state index contributed by atoms with van der Waals surface area (Å²) in [5.74, 6) is 0.777. The molecule has 1 unspecified atom stereocenters. The highest BCUT2D eigenvalue weighted by molar-refractivity contribution is 4.76. The molecule has 0 spiro atoms. The molecule has 0 aromatic carbocycles. The van der Waals surface area contributed by atoms with Crippen molar-refractivity contribution in [3.05, 3.63) is 18.7 Å². The van der Waals surface area contributed by atoms with Crippen molar-refractivity contribution < 1.29 is 4.57 Å². The molecule has 0 saturated heterocycles. The van der Waals surface area contributed by atoms with E-state index in [0.29, 0.717) is 6.04 Å². The second kappa shape index (κ2) is 5.94. The van der Waals surface area contributed by atoms with Crippen LogP contribution in [0.3, 0.4) is 0 Å². The van der Waals surface area contributed by atoms with Crippen molar-refractivity contribution in [3.63, 3.8) is 0 Å². The summed E-state index contributed by atoms with van der Waals surface area (Å²) in [5, 5.41) is 0. The van der Waals surface area contributed by atoms with Gasteiger partial charge in [0.1, 0.15) is 18.4 Å². The molecule has 0 amide bonds. The summed E-state index contributed by atoms with van der Waals surface area (Å²) in [4.78, 5) is 0. The zero-order valence-electron chi connectivity index (χ0n) is 10.6. The summed E-state index contributed by atoms with van der Waals surface area (Å²) in [6.07, 6.45) is 11.7. The van der Waals surface area contributed by atoms with E-state index in [1.807, 2.05) is 0 Å². The lowest BCUT2D eigenvalue weighted by molar-refractivity contribution is -0.671. The van der Waals surface area contributed by atoms with Crippen molar-refractivity contribution in [2.45, 2.75) is 52.5 Å². The van der Waals surface area contributed by atoms with Crippen LogP contribution in [0.2, 0.25) is 0 Å². The molecule has 0 fully saturated rings. The van der Waals surface area contributed by atoms with Gasteiger partial charge in [0.05, 0.1) is 7.05 Å². The SMILES string of the molecule is CCCCC(CC(C)C)n1cc[n+](C)c1. The highest BCUT2D eigenvalue weighted by Gasteiger charge is 2.16. The average Bonchev–Trinajstić information content (AvgIpc) is 2.58. The number of aromatic nitrogens is 2. The van der Waals surface area contributed by atoms with Gasteiger partial charge in [-0.1, -0.05) is 27.2 Å². The Balaban J connectivity index is 2.62.